The number of piperidine rings is 1. The number of carbonyl (C=O) groups excluding carboxylic acids is 1. The van der Waals surface area contributed by atoms with Crippen molar-refractivity contribution in [2.75, 3.05) is 18.4 Å². The standard InChI is InChI=1S/C14H22N4O/c1-10(2)17-13-8-15-12(7-16-13)14(19)18-6-4-5-11(3)9-18/h7-8,10-11H,4-6,9H2,1-3H3,(H,16,17). The summed E-state index contributed by atoms with van der Waals surface area (Å²) in [6, 6.07) is 0.304. The number of amides is 1. The smallest absolute Gasteiger partial charge is 0.274 e. The van der Waals surface area contributed by atoms with Crippen LogP contribution in [-0.4, -0.2) is 39.9 Å². The van der Waals surface area contributed by atoms with Crippen molar-refractivity contribution in [3.8, 4) is 0 Å². The maximum Gasteiger partial charge on any atom is 0.274 e. The molecule has 104 valence electrons. The Morgan fingerprint density at radius 3 is 2.79 bits per heavy atom. The lowest BCUT2D eigenvalue weighted by Gasteiger charge is -2.30. The van der Waals surface area contributed by atoms with Crippen molar-refractivity contribution >= 4 is 11.7 Å². The Morgan fingerprint density at radius 2 is 2.21 bits per heavy atom. The lowest BCUT2D eigenvalue weighted by atomic mass is 10.0. The summed E-state index contributed by atoms with van der Waals surface area (Å²) in [6.07, 6.45) is 5.47. The normalized spacial score (nSPS) is 19.6. The van der Waals surface area contributed by atoms with Crippen LogP contribution >= 0.6 is 0 Å². The second kappa shape index (κ2) is 5.99. The molecule has 0 radical (unpaired) electrons. The van der Waals surface area contributed by atoms with Crippen LogP contribution in [0, 0.1) is 5.92 Å². The molecule has 1 amide bonds. The van der Waals surface area contributed by atoms with E-state index >= 15 is 0 Å². The summed E-state index contributed by atoms with van der Waals surface area (Å²) in [5.74, 6) is 1.28. The molecule has 2 heterocycles. The fourth-order valence-electron chi connectivity index (χ4n) is 2.34. The van der Waals surface area contributed by atoms with Gasteiger partial charge in [-0.1, -0.05) is 6.92 Å². The Morgan fingerprint density at radius 1 is 1.42 bits per heavy atom. The Bertz CT molecular complexity index is 430. The first-order chi connectivity index (χ1) is 9.06. The van der Waals surface area contributed by atoms with Crippen LogP contribution in [0.4, 0.5) is 5.82 Å². The average Bonchev–Trinajstić information content (AvgIpc) is 2.38. The minimum absolute atomic E-state index is 0.00449. The summed E-state index contributed by atoms with van der Waals surface area (Å²) in [4.78, 5) is 22.6. The molecular formula is C14H22N4O. The molecule has 2 rings (SSSR count). The average molecular weight is 262 g/mol. The molecule has 1 aliphatic heterocycles. The van der Waals surface area contributed by atoms with Gasteiger partial charge in [-0.15, -0.1) is 0 Å². The number of carbonyl (C=O) groups is 1. The molecule has 1 unspecified atom stereocenters. The highest BCUT2D eigenvalue weighted by Crippen LogP contribution is 2.17. The van der Waals surface area contributed by atoms with Crippen LogP contribution in [0.25, 0.3) is 0 Å². The maximum atomic E-state index is 12.3. The SMILES string of the molecule is CC1CCCN(C(=O)c2cnc(NC(C)C)cn2)C1. The van der Waals surface area contributed by atoms with Crippen LogP contribution in [0.1, 0.15) is 44.1 Å². The molecule has 1 N–H and O–H groups in total. The molecule has 5 heteroatoms. The molecule has 0 aromatic carbocycles. The Hall–Kier alpha value is -1.65. The first-order valence-electron chi connectivity index (χ1n) is 6.94. The van der Waals surface area contributed by atoms with Crippen molar-refractivity contribution in [2.45, 2.75) is 39.7 Å². The molecule has 1 fully saturated rings. The number of nitrogens with zero attached hydrogens (tertiary/aromatic N) is 3. The van der Waals surface area contributed by atoms with E-state index in [9.17, 15) is 4.79 Å². The number of nitrogens with one attached hydrogen (secondary N) is 1. The molecule has 5 nitrogen and oxygen atoms in total. The second-order valence-electron chi connectivity index (χ2n) is 5.58. The van der Waals surface area contributed by atoms with E-state index in [0.29, 0.717) is 23.5 Å². The molecular weight excluding hydrogens is 240 g/mol. The molecule has 1 aliphatic rings. The number of hydrogen-bond acceptors (Lipinski definition) is 4. The number of hydrogen-bond donors (Lipinski definition) is 1. The van der Waals surface area contributed by atoms with Gasteiger partial charge >= 0.3 is 0 Å². The van der Waals surface area contributed by atoms with Gasteiger partial charge in [0.05, 0.1) is 12.4 Å². The van der Waals surface area contributed by atoms with Crippen LogP contribution in [0.2, 0.25) is 0 Å². The van der Waals surface area contributed by atoms with Crippen LogP contribution in [-0.2, 0) is 0 Å². The Kier molecular flexibility index (Phi) is 4.35. The first kappa shape index (κ1) is 13.8. The van der Waals surface area contributed by atoms with E-state index in [1.54, 1.807) is 12.4 Å². The van der Waals surface area contributed by atoms with Gasteiger partial charge in [-0.3, -0.25) is 4.79 Å². The number of aromatic nitrogens is 2. The molecule has 19 heavy (non-hydrogen) atoms. The fourth-order valence-corrected chi connectivity index (χ4v) is 2.34. The lowest BCUT2D eigenvalue weighted by Crippen LogP contribution is -2.39. The molecule has 0 spiro atoms. The van der Waals surface area contributed by atoms with Gasteiger partial charge in [0.15, 0.2) is 0 Å². The summed E-state index contributed by atoms with van der Waals surface area (Å²) < 4.78 is 0. The van der Waals surface area contributed by atoms with Gasteiger partial charge in [-0.25, -0.2) is 9.97 Å². The lowest BCUT2D eigenvalue weighted by molar-refractivity contribution is 0.0676. The summed E-state index contributed by atoms with van der Waals surface area (Å²) in [6.45, 7) is 7.91. The molecule has 1 aromatic rings. The second-order valence-corrected chi connectivity index (χ2v) is 5.58. The number of likely N-dealkylation sites (tertiary alicyclic amines) is 1. The molecule has 0 aliphatic carbocycles. The van der Waals surface area contributed by atoms with Crippen LogP contribution in [0.3, 0.4) is 0 Å². The zero-order valence-corrected chi connectivity index (χ0v) is 11.9. The van der Waals surface area contributed by atoms with E-state index in [4.69, 9.17) is 0 Å². The largest absolute Gasteiger partial charge is 0.367 e. The first-order valence-corrected chi connectivity index (χ1v) is 6.94. The van der Waals surface area contributed by atoms with Crippen molar-refractivity contribution in [3.63, 3.8) is 0 Å². The Balaban J connectivity index is 2.02. The van der Waals surface area contributed by atoms with E-state index in [1.807, 2.05) is 18.7 Å². The predicted octanol–water partition coefficient (Wildman–Crippen LogP) is 2.17. The maximum absolute atomic E-state index is 12.3. The molecule has 1 aromatic heterocycles. The van der Waals surface area contributed by atoms with E-state index in [1.165, 1.54) is 6.42 Å². The third kappa shape index (κ3) is 3.66. The van der Waals surface area contributed by atoms with Gasteiger partial charge in [0, 0.05) is 19.1 Å². The van der Waals surface area contributed by atoms with Gasteiger partial charge in [0.25, 0.3) is 5.91 Å². The Labute approximate surface area is 114 Å². The fraction of sp³-hybridized carbons (Fsp3) is 0.643. The monoisotopic (exact) mass is 262 g/mol. The summed E-state index contributed by atoms with van der Waals surface area (Å²) in [5.41, 5.74) is 0.434. The van der Waals surface area contributed by atoms with Gasteiger partial charge in [-0.05, 0) is 32.6 Å². The van der Waals surface area contributed by atoms with Crippen molar-refractivity contribution in [2.24, 2.45) is 5.92 Å². The van der Waals surface area contributed by atoms with Crippen LogP contribution in [0.5, 0.6) is 0 Å². The van der Waals surface area contributed by atoms with Crippen LogP contribution < -0.4 is 5.32 Å². The van der Waals surface area contributed by atoms with Crippen LogP contribution in [0.15, 0.2) is 12.4 Å². The van der Waals surface area contributed by atoms with Gasteiger partial charge in [0.1, 0.15) is 11.5 Å². The van der Waals surface area contributed by atoms with E-state index in [0.717, 1.165) is 19.5 Å². The van der Waals surface area contributed by atoms with E-state index in [-0.39, 0.29) is 5.91 Å². The highest BCUT2D eigenvalue weighted by Gasteiger charge is 2.23. The van der Waals surface area contributed by atoms with Gasteiger partial charge < -0.3 is 10.2 Å². The molecule has 0 saturated carbocycles. The minimum atomic E-state index is -0.00449. The third-order valence-electron chi connectivity index (χ3n) is 3.25. The number of rotatable bonds is 3. The minimum Gasteiger partial charge on any atom is -0.367 e. The highest BCUT2D eigenvalue weighted by atomic mass is 16.2. The summed E-state index contributed by atoms with van der Waals surface area (Å²) >= 11 is 0. The van der Waals surface area contributed by atoms with E-state index < -0.39 is 0 Å². The third-order valence-corrected chi connectivity index (χ3v) is 3.25. The van der Waals surface area contributed by atoms with Crippen molar-refractivity contribution < 1.29 is 4.79 Å². The summed E-state index contributed by atoms with van der Waals surface area (Å²) in [7, 11) is 0. The zero-order chi connectivity index (χ0) is 13.8. The number of anilines is 1. The van der Waals surface area contributed by atoms with Gasteiger partial charge in [0.2, 0.25) is 0 Å². The molecule has 0 bridgehead atoms. The van der Waals surface area contributed by atoms with Crippen molar-refractivity contribution in [3.05, 3.63) is 18.1 Å². The topological polar surface area (TPSA) is 58.1 Å². The van der Waals surface area contributed by atoms with Gasteiger partial charge in [-0.2, -0.15) is 0 Å². The predicted molar refractivity (Wildman–Crippen MR) is 75.1 cm³/mol. The quantitative estimate of drug-likeness (QED) is 0.907. The van der Waals surface area contributed by atoms with Crippen molar-refractivity contribution in [1.29, 1.82) is 0 Å². The molecule has 1 saturated heterocycles. The zero-order valence-electron chi connectivity index (χ0n) is 11.9. The molecule has 1 atom stereocenters. The van der Waals surface area contributed by atoms with E-state index in [2.05, 4.69) is 22.2 Å². The highest BCUT2D eigenvalue weighted by molar-refractivity contribution is 5.92. The summed E-state index contributed by atoms with van der Waals surface area (Å²) in [5, 5.41) is 3.16. The van der Waals surface area contributed by atoms with Crippen molar-refractivity contribution in [1.82, 2.24) is 14.9 Å².